The van der Waals surface area contributed by atoms with Gasteiger partial charge in [0.15, 0.2) is 0 Å². The van der Waals surface area contributed by atoms with Crippen LogP contribution in [0.4, 0.5) is 4.79 Å². The molecular formula is C18H24IN3O4. The number of carbonyl (C=O) groups is 3. The van der Waals surface area contributed by atoms with Crippen molar-refractivity contribution in [2.24, 2.45) is 5.73 Å². The second-order valence-electron chi connectivity index (χ2n) is 6.69. The highest BCUT2D eigenvalue weighted by Crippen LogP contribution is 2.28. The largest absolute Gasteiger partial charge is 0.465 e. The summed E-state index contributed by atoms with van der Waals surface area (Å²) in [5, 5.41) is 14.3. The van der Waals surface area contributed by atoms with Crippen molar-refractivity contribution < 1.29 is 19.5 Å². The van der Waals surface area contributed by atoms with Crippen LogP contribution in [0.2, 0.25) is 0 Å². The van der Waals surface area contributed by atoms with Crippen LogP contribution >= 0.6 is 22.6 Å². The standard InChI is InChI=1S/C18H24IN3O4/c19-13-7-5-12(6-8-13)11-14(15(20)23)21-16(24)18(22-17(25)26)9-3-1-2-4-10-18/h5-8,14,22H,1-4,9-11H2,(H2,20,23)(H,21,24)(H,25,26). The number of amides is 3. The Labute approximate surface area is 166 Å². The highest BCUT2D eigenvalue weighted by atomic mass is 127. The van der Waals surface area contributed by atoms with Crippen LogP contribution in [0, 0.1) is 3.57 Å². The van der Waals surface area contributed by atoms with E-state index in [4.69, 9.17) is 5.73 Å². The molecule has 0 bridgehead atoms. The first-order valence-corrected chi connectivity index (χ1v) is 9.76. The maximum absolute atomic E-state index is 12.9. The van der Waals surface area contributed by atoms with Gasteiger partial charge in [0.05, 0.1) is 0 Å². The van der Waals surface area contributed by atoms with Crippen molar-refractivity contribution in [3.63, 3.8) is 0 Å². The van der Waals surface area contributed by atoms with Crippen molar-refractivity contribution in [2.75, 3.05) is 0 Å². The van der Waals surface area contributed by atoms with Crippen molar-refractivity contribution in [2.45, 2.75) is 56.5 Å². The molecule has 3 amide bonds. The van der Waals surface area contributed by atoms with Crippen LogP contribution in [-0.2, 0) is 16.0 Å². The van der Waals surface area contributed by atoms with Crippen LogP contribution in [-0.4, -0.2) is 34.6 Å². The Kier molecular flexibility index (Phi) is 7.24. The molecule has 1 aromatic rings. The maximum atomic E-state index is 12.9. The van der Waals surface area contributed by atoms with E-state index in [1.165, 1.54) is 0 Å². The van der Waals surface area contributed by atoms with Gasteiger partial charge in [-0.25, -0.2) is 4.79 Å². The van der Waals surface area contributed by atoms with E-state index in [-0.39, 0.29) is 6.42 Å². The van der Waals surface area contributed by atoms with Crippen molar-refractivity contribution in [3.05, 3.63) is 33.4 Å². The minimum atomic E-state index is -1.24. The van der Waals surface area contributed by atoms with Crippen LogP contribution in [0.25, 0.3) is 0 Å². The van der Waals surface area contributed by atoms with E-state index in [0.29, 0.717) is 12.8 Å². The summed E-state index contributed by atoms with van der Waals surface area (Å²) >= 11 is 2.18. The molecule has 1 aliphatic carbocycles. The third kappa shape index (κ3) is 5.58. The van der Waals surface area contributed by atoms with E-state index in [9.17, 15) is 19.5 Å². The van der Waals surface area contributed by atoms with Gasteiger partial charge in [-0.15, -0.1) is 0 Å². The Morgan fingerprint density at radius 1 is 1.12 bits per heavy atom. The number of benzene rings is 1. The van der Waals surface area contributed by atoms with E-state index < -0.39 is 29.5 Å². The van der Waals surface area contributed by atoms with E-state index in [2.05, 4.69) is 33.2 Å². The minimum absolute atomic E-state index is 0.265. The number of primary amides is 1. The summed E-state index contributed by atoms with van der Waals surface area (Å²) in [4.78, 5) is 36.0. The molecule has 0 heterocycles. The van der Waals surface area contributed by atoms with Gasteiger partial charge in [-0.2, -0.15) is 0 Å². The topological polar surface area (TPSA) is 122 Å². The fraction of sp³-hybridized carbons (Fsp3) is 0.500. The number of hydrogen-bond acceptors (Lipinski definition) is 3. The molecule has 0 saturated heterocycles. The normalized spacial score (nSPS) is 17.6. The molecule has 1 aliphatic rings. The Morgan fingerprint density at radius 3 is 2.19 bits per heavy atom. The average Bonchev–Trinajstić information content (AvgIpc) is 2.82. The predicted octanol–water partition coefficient (Wildman–Crippen LogP) is 2.16. The first kappa shape index (κ1) is 20.5. The second-order valence-corrected chi connectivity index (χ2v) is 7.93. The summed E-state index contributed by atoms with van der Waals surface area (Å²) < 4.78 is 1.06. The molecule has 7 nitrogen and oxygen atoms in total. The zero-order valence-electron chi connectivity index (χ0n) is 14.5. The van der Waals surface area contributed by atoms with Gasteiger partial charge in [0.2, 0.25) is 11.8 Å². The smallest absolute Gasteiger partial charge is 0.405 e. The zero-order valence-corrected chi connectivity index (χ0v) is 16.6. The van der Waals surface area contributed by atoms with Gasteiger partial charge < -0.3 is 21.5 Å². The molecule has 2 rings (SSSR count). The molecule has 0 radical (unpaired) electrons. The lowest BCUT2D eigenvalue weighted by Crippen LogP contribution is -2.61. The molecule has 0 aromatic heterocycles. The molecule has 26 heavy (non-hydrogen) atoms. The molecule has 5 N–H and O–H groups in total. The first-order chi connectivity index (χ1) is 12.3. The lowest BCUT2D eigenvalue weighted by molar-refractivity contribution is -0.132. The molecule has 1 aromatic carbocycles. The van der Waals surface area contributed by atoms with Gasteiger partial charge in [0, 0.05) is 9.99 Å². The van der Waals surface area contributed by atoms with Crippen molar-refractivity contribution in [1.29, 1.82) is 0 Å². The number of hydrogen-bond donors (Lipinski definition) is 4. The van der Waals surface area contributed by atoms with Gasteiger partial charge >= 0.3 is 6.09 Å². The summed E-state index contributed by atoms with van der Waals surface area (Å²) in [6.45, 7) is 0. The molecule has 0 spiro atoms. The third-order valence-corrected chi connectivity index (χ3v) is 5.46. The second kappa shape index (κ2) is 9.20. The van der Waals surface area contributed by atoms with Crippen molar-refractivity contribution in [3.8, 4) is 0 Å². The summed E-state index contributed by atoms with van der Waals surface area (Å²) in [5.41, 5.74) is 5.14. The minimum Gasteiger partial charge on any atom is -0.465 e. The molecule has 1 fully saturated rings. The lowest BCUT2D eigenvalue weighted by atomic mass is 9.88. The van der Waals surface area contributed by atoms with Crippen molar-refractivity contribution >= 4 is 40.5 Å². The molecule has 1 unspecified atom stereocenters. The molecule has 8 heteroatoms. The predicted molar refractivity (Wildman–Crippen MR) is 106 cm³/mol. The van der Waals surface area contributed by atoms with Crippen LogP contribution in [0.3, 0.4) is 0 Å². The molecule has 1 saturated carbocycles. The van der Waals surface area contributed by atoms with Crippen molar-refractivity contribution in [1.82, 2.24) is 10.6 Å². The Balaban J connectivity index is 2.16. The van der Waals surface area contributed by atoms with Crippen LogP contribution in [0.1, 0.15) is 44.1 Å². The maximum Gasteiger partial charge on any atom is 0.405 e. The van der Waals surface area contributed by atoms with E-state index in [1.807, 2.05) is 24.3 Å². The SMILES string of the molecule is NC(=O)C(Cc1ccc(I)cc1)NC(=O)C1(NC(=O)O)CCCCCC1. The quantitative estimate of drug-likeness (QED) is 0.374. The van der Waals surface area contributed by atoms with Crippen LogP contribution < -0.4 is 16.4 Å². The molecular weight excluding hydrogens is 449 g/mol. The fourth-order valence-electron chi connectivity index (χ4n) is 3.32. The number of halogens is 1. The highest BCUT2D eigenvalue weighted by Gasteiger charge is 2.41. The lowest BCUT2D eigenvalue weighted by Gasteiger charge is -2.32. The first-order valence-electron chi connectivity index (χ1n) is 8.68. The zero-order chi connectivity index (χ0) is 19.2. The van der Waals surface area contributed by atoms with Gasteiger partial charge in [0.1, 0.15) is 11.6 Å². The van der Waals surface area contributed by atoms with E-state index >= 15 is 0 Å². The molecule has 142 valence electrons. The third-order valence-electron chi connectivity index (χ3n) is 4.74. The van der Waals surface area contributed by atoms with E-state index in [1.54, 1.807) is 0 Å². The Hall–Kier alpha value is -1.84. The van der Waals surface area contributed by atoms with Gasteiger partial charge in [-0.3, -0.25) is 9.59 Å². The van der Waals surface area contributed by atoms with Gasteiger partial charge in [-0.1, -0.05) is 37.8 Å². The summed E-state index contributed by atoms with van der Waals surface area (Å²) in [6, 6.07) is 6.68. The molecule has 1 atom stereocenters. The number of nitrogens with two attached hydrogens (primary N) is 1. The Morgan fingerprint density at radius 2 is 1.69 bits per heavy atom. The van der Waals surface area contributed by atoms with Gasteiger partial charge in [0.25, 0.3) is 0 Å². The average molecular weight is 473 g/mol. The Bertz CT molecular complexity index is 655. The van der Waals surface area contributed by atoms with Crippen LogP contribution in [0.5, 0.6) is 0 Å². The summed E-state index contributed by atoms with van der Waals surface area (Å²) in [6.07, 6.45) is 3.28. The van der Waals surface area contributed by atoms with Gasteiger partial charge in [-0.05, 0) is 53.1 Å². The monoisotopic (exact) mass is 473 g/mol. The van der Waals surface area contributed by atoms with Crippen LogP contribution in [0.15, 0.2) is 24.3 Å². The highest BCUT2D eigenvalue weighted by molar-refractivity contribution is 14.1. The number of carbonyl (C=O) groups excluding carboxylic acids is 2. The molecule has 0 aliphatic heterocycles. The number of nitrogens with one attached hydrogen (secondary N) is 2. The number of carboxylic acid groups (broad SMARTS) is 1. The van der Waals surface area contributed by atoms with E-state index in [0.717, 1.165) is 34.8 Å². The summed E-state index contributed by atoms with van der Waals surface area (Å²) in [5.74, 6) is -1.12. The summed E-state index contributed by atoms with van der Waals surface area (Å²) in [7, 11) is 0. The fourth-order valence-corrected chi connectivity index (χ4v) is 3.68. The number of rotatable bonds is 6.